The van der Waals surface area contributed by atoms with E-state index in [0.717, 1.165) is 22.8 Å². The number of hydrogen-bond acceptors (Lipinski definition) is 2. The van der Waals surface area contributed by atoms with E-state index in [1.807, 2.05) is 6.92 Å². The molecule has 2 aromatic rings. The van der Waals surface area contributed by atoms with E-state index in [1.54, 1.807) is 19.2 Å². The van der Waals surface area contributed by atoms with Crippen molar-refractivity contribution >= 4 is 33.8 Å². The molecule has 2 N–H and O–H groups in total. The minimum Gasteiger partial charge on any atom is -0.342 e. The molecule has 4 nitrogen and oxygen atoms in total. The van der Waals surface area contributed by atoms with Crippen LogP contribution in [0.5, 0.6) is 0 Å². The number of hydrogen-bond donors (Lipinski definition) is 2. The molecule has 0 bridgehead atoms. The van der Waals surface area contributed by atoms with Crippen molar-refractivity contribution < 1.29 is 35.9 Å². The number of rotatable bonds is 7. The van der Waals surface area contributed by atoms with E-state index < -0.39 is 36.6 Å². The molecular formula is C27H27BrF6N2O2. The number of nitrogens with one attached hydrogen (secondary N) is 2. The lowest BCUT2D eigenvalue weighted by molar-refractivity contribution is -0.139. The van der Waals surface area contributed by atoms with Crippen LogP contribution in [0.25, 0.3) is 6.08 Å². The van der Waals surface area contributed by atoms with Crippen molar-refractivity contribution in [3.8, 4) is 0 Å². The number of allylic oxidation sites excluding steroid dienone is 2. The minimum absolute atomic E-state index is 0.0293. The zero-order valence-corrected chi connectivity index (χ0v) is 22.9. The van der Waals surface area contributed by atoms with Gasteiger partial charge in [0.05, 0.1) is 11.5 Å². The van der Waals surface area contributed by atoms with Crippen LogP contribution in [0.15, 0.2) is 52.2 Å². The van der Waals surface area contributed by atoms with E-state index in [2.05, 4.69) is 21.2 Å². The molecule has 0 aliphatic rings. The zero-order chi connectivity index (χ0) is 29.0. The molecule has 1 unspecified atom stereocenters. The number of benzene rings is 2. The Hall–Kier alpha value is -3.08. The van der Waals surface area contributed by atoms with E-state index in [1.165, 1.54) is 50.3 Å². The number of halogens is 7. The van der Waals surface area contributed by atoms with Crippen molar-refractivity contribution in [1.29, 1.82) is 0 Å². The van der Waals surface area contributed by atoms with Gasteiger partial charge in [0.1, 0.15) is 12.2 Å². The third-order valence-corrected chi connectivity index (χ3v) is 6.45. The molecule has 38 heavy (non-hydrogen) atoms. The molecule has 2 amide bonds. The fourth-order valence-corrected chi connectivity index (χ4v) is 4.12. The van der Waals surface area contributed by atoms with Crippen LogP contribution >= 0.6 is 15.9 Å². The second kappa shape index (κ2) is 12.2. The van der Waals surface area contributed by atoms with E-state index in [0.29, 0.717) is 5.56 Å². The Morgan fingerprint density at radius 3 is 2.03 bits per heavy atom. The highest BCUT2D eigenvalue weighted by molar-refractivity contribution is 9.10. The SMILES string of the molecule is CC(C)=C(NC(=O)c1ccc(/C=C/C(c2cc(C)c(C)c(C)c2)C(F)(F)F)cc1Br)C(=O)NCC(F)(F)F. The van der Waals surface area contributed by atoms with Crippen molar-refractivity contribution in [2.24, 2.45) is 0 Å². The number of carbonyl (C=O) groups is 2. The maximum atomic E-state index is 13.9. The smallest absolute Gasteiger partial charge is 0.342 e. The summed E-state index contributed by atoms with van der Waals surface area (Å²) in [5.41, 5.74) is 2.87. The first kappa shape index (κ1) is 31.1. The maximum Gasteiger partial charge on any atom is 0.405 e. The molecule has 0 aliphatic carbocycles. The van der Waals surface area contributed by atoms with Crippen molar-refractivity contribution in [3.05, 3.63) is 85.5 Å². The van der Waals surface area contributed by atoms with E-state index >= 15 is 0 Å². The van der Waals surface area contributed by atoms with Gasteiger partial charge in [-0.2, -0.15) is 26.3 Å². The largest absolute Gasteiger partial charge is 0.405 e. The predicted octanol–water partition coefficient (Wildman–Crippen LogP) is 7.44. The van der Waals surface area contributed by atoms with Gasteiger partial charge in [0.15, 0.2) is 0 Å². The lowest BCUT2D eigenvalue weighted by Gasteiger charge is -2.19. The summed E-state index contributed by atoms with van der Waals surface area (Å²) in [6.45, 7) is 6.68. The molecule has 0 fully saturated rings. The summed E-state index contributed by atoms with van der Waals surface area (Å²) in [7, 11) is 0. The molecule has 0 radical (unpaired) electrons. The molecular weight excluding hydrogens is 578 g/mol. The Kier molecular flexibility index (Phi) is 9.99. The molecule has 0 aliphatic heterocycles. The third-order valence-electron chi connectivity index (χ3n) is 5.79. The first-order valence-corrected chi connectivity index (χ1v) is 12.2. The van der Waals surface area contributed by atoms with Crippen molar-refractivity contribution in [1.82, 2.24) is 10.6 Å². The quantitative estimate of drug-likeness (QED) is 0.255. The van der Waals surface area contributed by atoms with E-state index in [-0.39, 0.29) is 26.9 Å². The van der Waals surface area contributed by atoms with Gasteiger partial charge in [-0.1, -0.05) is 30.4 Å². The molecule has 1 atom stereocenters. The average Bonchev–Trinajstić information content (AvgIpc) is 2.77. The first-order chi connectivity index (χ1) is 17.4. The summed E-state index contributed by atoms with van der Waals surface area (Å²) in [5, 5.41) is 4.00. The second-order valence-electron chi connectivity index (χ2n) is 9.02. The molecule has 2 aromatic carbocycles. The molecule has 0 aromatic heterocycles. The van der Waals surface area contributed by atoms with E-state index in [4.69, 9.17) is 0 Å². The highest BCUT2D eigenvalue weighted by Gasteiger charge is 2.39. The fraction of sp³-hybridized carbons (Fsp3) is 0.333. The topological polar surface area (TPSA) is 58.2 Å². The van der Waals surface area contributed by atoms with Gasteiger partial charge < -0.3 is 10.6 Å². The van der Waals surface area contributed by atoms with Crippen LogP contribution in [0.1, 0.15) is 57.9 Å². The molecule has 11 heteroatoms. The zero-order valence-electron chi connectivity index (χ0n) is 21.3. The van der Waals surface area contributed by atoms with Gasteiger partial charge >= 0.3 is 12.4 Å². The molecule has 0 saturated heterocycles. The van der Waals surface area contributed by atoms with Gasteiger partial charge in [-0.05, 0) is 96.1 Å². The summed E-state index contributed by atoms with van der Waals surface area (Å²) >= 11 is 3.20. The molecule has 206 valence electrons. The predicted molar refractivity (Wildman–Crippen MR) is 138 cm³/mol. The average molecular weight is 605 g/mol. The second-order valence-corrected chi connectivity index (χ2v) is 9.88. The number of alkyl halides is 6. The van der Waals surface area contributed by atoms with Gasteiger partial charge in [0, 0.05) is 4.47 Å². The first-order valence-electron chi connectivity index (χ1n) is 11.4. The molecule has 0 spiro atoms. The minimum atomic E-state index is -4.62. The van der Waals surface area contributed by atoms with Gasteiger partial charge in [0.2, 0.25) is 0 Å². The van der Waals surface area contributed by atoms with Crippen LogP contribution in [0, 0.1) is 20.8 Å². The van der Waals surface area contributed by atoms with Gasteiger partial charge in [-0.3, -0.25) is 9.59 Å². The molecule has 2 rings (SSSR count). The Balaban J connectivity index is 2.28. The van der Waals surface area contributed by atoms with Crippen LogP contribution in [0.2, 0.25) is 0 Å². The Morgan fingerprint density at radius 1 is 0.974 bits per heavy atom. The Labute approximate surface area is 225 Å². The highest BCUT2D eigenvalue weighted by Crippen LogP contribution is 2.38. The van der Waals surface area contributed by atoms with Crippen LogP contribution < -0.4 is 10.6 Å². The summed E-state index contributed by atoms with van der Waals surface area (Å²) in [4.78, 5) is 24.9. The monoisotopic (exact) mass is 604 g/mol. The fourth-order valence-electron chi connectivity index (χ4n) is 3.54. The van der Waals surface area contributed by atoms with Crippen molar-refractivity contribution in [3.63, 3.8) is 0 Å². The highest BCUT2D eigenvalue weighted by atomic mass is 79.9. The van der Waals surface area contributed by atoms with Crippen LogP contribution in [-0.4, -0.2) is 30.7 Å². The molecule has 0 saturated carbocycles. The maximum absolute atomic E-state index is 13.9. The van der Waals surface area contributed by atoms with Crippen LogP contribution in [0.4, 0.5) is 26.3 Å². The van der Waals surface area contributed by atoms with Crippen molar-refractivity contribution in [2.75, 3.05) is 6.54 Å². The number of aryl methyl sites for hydroxylation is 2. The van der Waals surface area contributed by atoms with Crippen LogP contribution in [0.3, 0.4) is 0 Å². The summed E-state index contributed by atoms with van der Waals surface area (Å²) in [5.74, 6) is -3.74. The summed E-state index contributed by atoms with van der Waals surface area (Å²) < 4.78 is 79.2. The van der Waals surface area contributed by atoms with Crippen molar-refractivity contribution in [2.45, 2.75) is 52.9 Å². The lowest BCUT2D eigenvalue weighted by Crippen LogP contribution is -2.40. The Bertz CT molecular complexity index is 1250. The van der Waals surface area contributed by atoms with Gasteiger partial charge in [-0.15, -0.1) is 0 Å². The Morgan fingerprint density at radius 2 is 1.55 bits per heavy atom. The summed E-state index contributed by atoms with van der Waals surface area (Å²) in [6.07, 6.45) is -6.82. The standard InChI is InChI=1S/C27H27BrF6N2O2/c1-14(2)23(25(38)35-13-26(29,30)31)36-24(37)20-8-6-18(12-22(20)28)7-9-21(27(32,33)34)19-10-15(3)17(5)16(4)11-19/h6-12,21H,13H2,1-5H3,(H,35,38)(H,36,37)/b9-7+. The van der Waals surface area contributed by atoms with E-state index in [9.17, 15) is 35.9 Å². The van der Waals surface area contributed by atoms with Gasteiger partial charge in [-0.25, -0.2) is 0 Å². The lowest BCUT2D eigenvalue weighted by atomic mass is 9.91. The third kappa shape index (κ3) is 8.47. The summed E-state index contributed by atoms with van der Waals surface area (Å²) in [6, 6.07) is 7.20. The number of amides is 2. The van der Waals surface area contributed by atoms with Gasteiger partial charge in [0.25, 0.3) is 11.8 Å². The number of carbonyl (C=O) groups excluding carboxylic acids is 2. The molecule has 0 heterocycles. The van der Waals surface area contributed by atoms with Crippen LogP contribution in [-0.2, 0) is 4.79 Å². The normalized spacial score (nSPS) is 12.8.